The van der Waals surface area contributed by atoms with E-state index in [1.54, 1.807) is 18.4 Å². The topological polar surface area (TPSA) is 45.5 Å². The maximum absolute atomic E-state index is 11.2. The third-order valence-electron chi connectivity index (χ3n) is 1.53. The first-order valence-electron chi connectivity index (χ1n) is 4.00. The molecule has 0 bridgehead atoms. The van der Waals surface area contributed by atoms with Gasteiger partial charge < -0.3 is 9.73 Å². The van der Waals surface area contributed by atoms with Crippen LogP contribution in [0.25, 0.3) is 0 Å². The van der Waals surface area contributed by atoms with Crippen molar-refractivity contribution in [2.75, 3.05) is 6.54 Å². The molecule has 0 aromatic carbocycles. The third-order valence-corrected chi connectivity index (χ3v) is 1.99. The molecule has 0 aliphatic rings. The van der Waals surface area contributed by atoms with Gasteiger partial charge in [-0.15, -0.1) is 0 Å². The average Bonchev–Trinajstić information content (AvgIpc) is 2.65. The van der Waals surface area contributed by atoms with Crippen molar-refractivity contribution in [2.45, 2.75) is 13.5 Å². The molecule has 72 valence electrons. The Bertz CT molecular complexity index is 261. The van der Waals surface area contributed by atoms with Crippen LogP contribution >= 0.6 is 12.8 Å². The first-order chi connectivity index (χ1) is 6.24. The molecule has 0 saturated heterocycles. The molecule has 0 unspecified atom stereocenters. The second-order valence-electron chi connectivity index (χ2n) is 2.45. The van der Waals surface area contributed by atoms with Crippen molar-refractivity contribution in [3.8, 4) is 0 Å². The zero-order chi connectivity index (χ0) is 9.68. The van der Waals surface area contributed by atoms with Gasteiger partial charge in [0.25, 0.3) is 0 Å². The van der Waals surface area contributed by atoms with Gasteiger partial charge in [0.2, 0.25) is 0 Å². The summed E-state index contributed by atoms with van der Waals surface area (Å²) in [7, 11) is 0. The van der Waals surface area contributed by atoms with E-state index in [-0.39, 0.29) is 6.03 Å². The van der Waals surface area contributed by atoms with Crippen molar-refractivity contribution >= 4 is 18.8 Å². The lowest BCUT2D eigenvalue weighted by Gasteiger charge is -2.12. The number of nitrogens with zero attached hydrogens (tertiary/aromatic N) is 1. The van der Waals surface area contributed by atoms with E-state index in [0.29, 0.717) is 13.1 Å². The van der Waals surface area contributed by atoms with Crippen molar-refractivity contribution in [3.63, 3.8) is 0 Å². The highest BCUT2D eigenvalue weighted by Crippen LogP contribution is 2.00. The van der Waals surface area contributed by atoms with Gasteiger partial charge in [-0.05, 0) is 19.1 Å². The standard InChI is InChI=1S/C8H12N2O2S/c1-2-10(13)8(11)9-6-7-4-3-5-12-7/h3-5,13H,2,6H2,1H3,(H,9,11). The van der Waals surface area contributed by atoms with Crippen LogP contribution in [-0.4, -0.2) is 16.9 Å². The Kier molecular flexibility index (Phi) is 3.70. The minimum Gasteiger partial charge on any atom is -0.467 e. The average molecular weight is 200 g/mol. The first kappa shape index (κ1) is 9.98. The summed E-state index contributed by atoms with van der Waals surface area (Å²) in [6.07, 6.45) is 1.57. The van der Waals surface area contributed by atoms with Gasteiger partial charge in [0.15, 0.2) is 0 Å². The van der Waals surface area contributed by atoms with E-state index in [0.717, 1.165) is 5.76 Å². The quantitative estimate of drug-likeness (QED) is 0.729. The fourth-order valence-corrected chi connectivity index (χ4v) is 0.881. The SMILES string of the molecule is CCN(S)C(=O)NCc1ccco1. The number of rotatable bonds is 3. The molecule has 5 heteroatoms. The summed E-state index contributed by atoms with van der Waals surface area (Å²) < 4.78 is 6.33. The van der Waals surface area contributed by atoms with E-state index in [4.69, 9.17) is 4.42 Å². The Morgan fingerprint density at radius 1 is 1.77 bits per heavy atom. The van der Waals surface area contributed by atoms with E-state index >= 15 is 0 Å². The van der Waals surface area contributed by atoms with Crippen molar-refractivity contribution < 1.29 is 9.21 Å². The normalized spacial score (nSPS) is 9.69. The van der Waals surface area contributed by atoms with E-state index in [2.05, 4.69) is 18.1 Å². The van der Waals surface area contributed by atoms with Gasteiger partial charge in [0, 0.05) is 6.54 Å². The molecule has 1 rings (SSSR count). The molecular weight excluding hydrogens is 188 g/mol. The summed E-state index contributed by atoms with van der Waals surface area (Å²) in [6.45, 7) is 2.80. The van der Waals surface area contributed by atoms with Gasteiger partial charge in [-0.1, -0.05) is 12.8 Å². The third kappa shape index (κ3) is 3.02. The van der Waals surface area contributed by atoms with E-state index < -0.39 is 0 Å². The number of carbonyl (C=O) groups is 1. The summed E-state index contributed by atoms with van der Waals surface area (Å²) in [5.74, 6) is 0.728. The monoisotopic (exact) mass is 200 g/mol. The van der Waals surface area contributed by atoms with Crippen LogP contribution < -0.4 is 5.32 Å². The fourth-order valence-electron chi connectivity index (χ4n) is 0.811. The van der Waals surface area contributed by atoms with E-state index in [1.807, 2.05) is 6.92 Å². The van der Waals surface area contributed by atoms with Crippen LogP contribution in [0.5, 0.6) is 0 Å². The molecule has 13 heavy (non-hydrogen) atoms. The largest absolute Gasteiger partial charge is 0.467 e. The molecular formula is C8H12N2O2S. The molecule has 1 aromatic heterocycles. The highest BCUT2D eigenvalue weighted by atomic mass is 32.1. The molecule has 1 aromatic rings. The molecule has 1 N–H and O–H groups in total. The van der Waals surface area contributed by atoms with Crippen molar-refractivity contribution in [1.82, 2.24) is 9.62 Å². The van der Waals surface area contributed by atoms with Gasteiger partial charge in [-0.25, -0.2) is 4.79 Å². The molecule has 0 aliphatic heterocycles. The van der Waals surface area contributed by atoms with Crippen LogP contribution in [0.15, 0.2) is 22.8 Å². The highest BCUT2D eigenvalue weighted by molar-refractivity contribution is 7.78. The number of furan rings is 1. The molecule has 0 radical (unpaired) electrons. The molecule has 0 aliphatic carbocycles. The van der Waals surface area contributed by atoms with Crippen molar-refractivity contribution in [3.05, 3.63) is 24.2 Å². The zero-order valence-corrected chi connectivity index (χ0v) is 8.25. The summed E-state index contributed by atoms with van der Waals surface area (Å²) in [4.78, 5) is 11.2. The number of urea groups is 1. The van der Waals surface area contributed by atoms with Crippen LogP contribution in [0.1, 0.15) is 12.7 Å². The minimum atomic E-state index is -0.220. The smallest absolute Gasteiger partial charge is 0.327 e. The molecule has 0 fully saturated rings. The van der Waals surface area contributed by atoms with Crippen LogP contribution in [0.4, 0.5) is 4.79 Å². The lowest BCUT2D eigenvalue weighted by molar-refractivity contribution is 0.226. The Morgan fingerprint density at radius 2 is 2.54 bits per heavy atom. The second kappa shape index (κ2) is 4.81. The van der Waals surface area contributed by atoms with E-state index in [9.17, 15) is 4.79 Å². The van der Waals surface area contributed by atoms with Crippen molar-refractivity contribution in [2.24, 2.45) is 0 Å². The Labute approximate surface area is 82.4 Å². The van der Waals surface area contributed by atoms with Crippen LogP contribution in [-0.2, 0) is 6.54 Å². The summed E-state index contributed by atoms with van der Waals surface area (Å²) >= 11 is 3.95. The first-order valence-corrected chi connectivity index (χ1v) is 4.40. The second-order valence-corrected chi connectivity index (χ2v) is 2.94. The molecule has 0 spiro atoms. The number of thiol groups is 1. The van der Waals surface area contributed by atoms with Gasteiger partial charge >= 0.3 is 6.03 Å². The summed E-state index contributed by atoms with van der Waals surface area (Å²) in [6, 6.07) is 3.36. The highest BCUT2D eigenvalue weighted by Gasteiger charge is 2.06. The van der Waals surface area contributed by atoms with Gasteiger partial charge in [-0.3, -0.25) is 4.31 Å². The molecule has 4 nitrogen and oxygen atoms in total. The Hall–Kier alpha value is -1.10. The summed E-state index contributed by atoms with van der Waals surface area (Å²) in [5, 5.41) is 2.65. The van der Waals surface area contributed by atoms with Crippen LogP contribution in [0, 0.1) is 0 Å². The van der Waals surface area contributed by atoms with Gasteiger partial charge in [0.1, 0.15) is 5.76 Å². The van der Waals surface area contributed by atoms with Gasteiger partial charge in [-0.2, -0.15) is 0 Å². The van der Waals surface area contributed by atoms with Crippen molar-refractivity contribution in [1.29, 1.82) is 0 Å². The Morgan fingerprint density at radius 3 is 3.08 bits per heavy atom. The predicted octanol–water partition coefficient (Wildman–Crippen LogP) is 1.66. The predicted molar refractivity (Wildman–Crippen MR) is 52.3 cm³/mol. The number of hydrogen-bond donors (Lipinski definition) is 2. The van der Waals surface area contributed by atoms with Crippen LogP contribution in [0.3, 0.4) is 0 Å². The molecule has 1 heterocycles. The lowest BCUT2D eigenvalue weighted by atomic mass is 10.4. The Balaban J connectivity index is 2.31. The number of amides is 2. The molecule has 0 saturated carbocycles. The minimum absolute atomic E-state index is 0.220. The number of hydrogen-bond acceptors (Lipinski definition) is 3. The van der Waals surface area contributed by atoms with Gasteiger partial charge in [0.05, 0.1) is 12.8 Å². The molecule has 2 amide bonds. The maximum atomic E-state index is 11.2. The number of nitrogens with one attached hydrogen (secondary N) is 1. The maximum Gasteiger partial charge on any atom is 0.327 e. The summed E-state index contributed by atoms with van der Waals surface area (Å²) in [5.41, 5.74) is 0. The lowest BCUT2D eigenvalue weighted by Crippen LogP contribution is -2.33. The number of carbonyl (C=O) groups excluding carboxylic acids is 1. The molecule has 0 atom stereocenters. The van der Waals surface area contributed by atoms with Crippen LogP contribution in [0.2, 0.25) is 0 Å². The fraction of sp³-hybridized carbons (Fsp3) is 0.375. The van der Waals surface area contributed by atoms with E-state index in [1.165, 1.54) is 4.31 Å². The zero-order valence-electron chi connectivity index (χ0n) is 7.36.